The number of hydrogen-bond acceptors (Lipinski definition) is 6. The Morgan fingerprint density at radius 2 is 2.04 bits per heavy atom. The molecule has 0 aliphatic heterocycles. The molecule has 148 valence electrons. The molecule has 0 atom stereocenters. The molecule has 27 heavy (non-hydrogen) atoms. The maximum atomic E-state index is 10.1. The first kappa shape index (κ1) is 20.0. The predicted molar refractivity (Wildman–Crippen MR) is 109 cm³/mol. The fourth-order valence-corrected chi connectivity index (χ4v) is 4.36. The highest BCUT2D eigenvalue weighted by atomic mass is 32.2. The van der Waals surface area contributed by atoms with Crippen LogP contribution in [0.25, 0.3) is 0 Å². The Kier molecular flexibility index (Phi) is 6.65. The van der Waals surface area contributed by atoms with Crippen molar-refractivity contribution < 1.29 is 9.84 Å². The van der Waals surface area contributed by atoms with Gasteiger partial charge in [0.2, 0.25) is 0 Å². The van der Waals surface area contributed by atoms with E-state index < -0.39 is 5.60 Å². The van der Waals surface area contributed by atoms with Crippen LogP contribution in [-0.4, -0.2) is 38.3 Å². The van der Waals surface area contributed by atoms with Gasteiger partial charge in [0.05, 0.1) is 19.3 Å². The lowest BCUT2D eigenvalue weighted by Crippen LogP contribution is -2.23. The van der Waals surface area contributed by atoms with E-state index in [9.17, 15) is 5.11 Å². The number of rotatable bonds is 8. The maximum Gasteiger partial charge on any atom is 0.191 e. The molecule has 0 unspecified atom stereocenters. The number of anilines is 1. The third-order valence-corrected chi connectivity index (χ3v) is 6.14. The van der Waals surface area contributed by atoms with Crippen LogP contribution >= 0.6 is 11.8 Å². The maximum absolute atomic E-state index is 10.1. The van der Waals surface area contributed by atoms with Crippen molar-refractivity contribution in [2.24, 2.45) is 0 Å². The number of benzene rings is 1. The smallest absolute Gasteiger partial charge is 0.191 e. The van der Waals surface area contributed by atoms with Crippen LogP contribution in [-0.2, 0) is 6.54 Å². The Morgan fingerprint density at radius 1 is 1.26 bits per heavy atom. The SMILES string of the molecule is COc1cccc(NCc2nnc(SCC(C)(C)O)n2C2CCCCC2)c1. The monoisotopic (exact) mass is 390 g/mol. The van der Waals surface area contributed by atoms with E-state index in [2.05, 4.69) is 20.1 Å². The first-order valence-electron chi connectivity index (χ1n) is 9.63. The molecule has 0 bridgehead atoms. The standard InChI is InChI=1S/C20H30N4O2S/c1-20(2,25)14-27-19-23-22-18(24(19)16-9-5-4-6-10-16)13-21-15-8-7-11-17(12-15)26-3/h7-8,11-12,16,21,25H,4-6,9-10,13-14H2,1-3H3. The van der Waals surface area contributed by atoms with Crippen LogP contribution in [0.5, 0.6) is 5.75 Å². The highest BCUT2D eigenvalue weighted by Gasteiger charge is 2.24. The largest absolute Gasteiger partial charge is 0.497 e. The summed E-state index contributed by atoms with van der Waals surface area (Å²) in [5.74, 6) is 2.37. The summed E-state index contributed by atoms with van der Waals surface area (Å²) in [6, 6.07) is 8.35. The molecule has 2 N–H and O–H groups in total. The molecule has 6 nitrogen and oxygen atoms in total. The van der Waals surface area contributed by atoms with Crippen LogP contribution < -0.4 is 10.1 Å². The van der Waals surface area contributed by atoms with Crippen LogP contribution in [0.2, 0.25) is 0 Å². The van der Waals surface area contributed by atoms with Crippen LogP contribution in [0.1, 0.15) is 57.8 Å². The molecule has 0 spiro atoms. The molecule has 1 aliphatic carbocycles. The summed E-state index contributed by atoms with van der Waals surface area (Å²) in [7, 11) is 1.67. The molecule has 2 aromatic rings. The minimum atomic E-state index is -0.729. The zero-order valence-corrected chi connectivity index (χ0v) is 17.3. The zero-order chi connectivity index (χ0) is 19.3. The number of aliphatic hydroxyl groups is 1. The molecule has 0 saturated heterocycles. The topological polar surface area (TPSA) is 72.2 Å². The number of nitrogens with zero attached hydrogens (tertiary/aromatic N) is 3. The van der Waals surface area contributed by atoms with E-state index >= 15 is 0 Å². The normalized spacial score (nSPS) is 15.7. The molecule has 7 heteroatoms. The van der Waals surface area contributed by atoms with Crippen molar-refractivity contribution in [2.75, 3.05) is 18.2 Å². The summed E-state index contributed by atoms with van der Waals surface area (Å²) in [6.45, 7) is 4.26. The average Bonchev–Trinajstić information content (AvgIpc) is 3.08. The van der Waals surface area contributed by atoms with Crippen molar-refractivity contribution in [3.63, 3.8) is 0 Å². The molecular formula is C20H30N4O2S. The van der Waals surface area contributed by atoms with Gasteiger partial charge in [-0.3, -0.25) is 0 Å². The molecule has 1 fully saturated rings. The van der Waals surface area contributed by atoms with Crippen molar-refractivity contribution in [3.8, 4) is 5.75 Å². The van der Waals surface area contributed by atoms with Gasteiger partial charge in [-0.15, -0.1) is 10.2 Å². The van der Waals surface area contributed by atoms with E-state index in [4.69, 9.17) is 4.74 Å². The van der Waals surface area contributed by atoms with Gasteiger partial charge in [-0.05, 0) is 38.8 Å². The number of nitrogens with one attached hydrogen (secondary N) is 1. The molecule has 1 heterocycles. The van der Waals surface area contributed by atoms with Gasteiger partial charge in [-0.1, -0.05) is 37.1 Å². The highest BCUT2D eigenvalue weighted by molar-refractivity contribution is 7.99. The summed E-state index contributed by atoms with van der Waals surface area (Å²) in [6.07, 6.45) is 6.14. The van der Waals surface area contributed by atoms with Crippen molar-refractivity contribution in [3.05, 3.63) is 30.1 Å². The fraction of sp³-hybridized carbons (Fsp3) is 0.600. The predicted octanol–water partition coefficient (Wildman–Crippen LogP) is 4.27. The number of methoxy groups -OCH3 is 1. The van der Waals surface area contributed by atoms with E-state index in [0.29, 0.717) is 18.3 Å². The Balaban J connectivity index is 1.77. The van der Waals surface area contributed by atoms with Gasteiger partial charge < -0.3 is 19.7 Å². The lowest BCUT2D eigenvalue weighted by molar-refractivity contribution is 0.107. The summed E-state index contributed by atoms with van der Waals surface area (Å²) >= 11 is 1.59. The van der Waals surface area contributed by atoms with E-state index in [-0.39, 0.29) is 0 Å². The van der Waals surface area contributed by atoms with Crippen LogP contribution in [0, 0.1) is 0 Å². The minimum Gasteiger partial charge on any atom is -0.497 e. The number of thioether (sulfide) groups is 1. The molecule has 0 radical (unpaired) electrons. The Bertz CT molecular complexity index is 736. The number of aromatic nitrogens is 3. The molecule has 1 aromatic carbocycles. The Labute approximate surface area is 165 Å². The third kappa shape index (κ3) is 5.62. The lowest BCUT2D eigenvalue weighted by atomic mass is 9.95. The minimum absolute atomic E-state index is 0.445. The van der Waals surface area contributed by atoms with Gasteiger partial charge >= 0.3 is 0 Å². The first-order valence-corrected chi connectivity index (χ1v) is 10.6. The van der Waals surface area contributed by atoms with Crippen molar-refractivity contribution in [2.45, 2.75) is 69.3 Å². The number of hydrogen-bond donors (Lipinski definition) is 2. The van der Waals surface area contributed by atoms with Gasteiger partial charge in [0, 0.05) is 23.5 Å². The molecule has 3 rings (SSSR count). The van der Waals surface area contributed by atoms with Gasteiger partial charge in [-0.2, -0.15) is 0 Å². The zero-order valence-electron chi connectivity index (χ0n) is 16.4. The van der Waals surface area contributed by atoms with Crippen molar-refractivity contribution >= 4 is 17.4 Å². The van der Waals surface area contributed by atoms with Crippen molar-refractivity contribution in [1.82, 2.24) is 14.8 Å². The molecule has 1 aromatic heterocycles. The summed E-state index contributed by atoms with van der Waals surface area (Å²) in [4.78, 5) is 0. The summed E-state index contributed by atoms with van der Waals surface area (Å²) < 4.78 is 7.59. The lowest BCUT2D eigenvalue weighted by Gasteiger charge is -2.26. The second-order valence-electron chi connectivity index (χ2n) is 7.75. The van der Waals surface area contributed by atoms with Crippen LogP contribution in [0.3, 0.4) is 0 Å². The van der Waals surface area contributed by atoms with E-state index in [1.54, 1.807) is 18.9 Å². The quantitative estimate of drug-likeness (QED) is 0.656. The van der Waals surface area contributed by atoms with E-state index in [0.717, 1.165) is 22.4 Å². The third-order valence-electron chi connectivity index (χ3n) is 4.75. The molecule has 1 saturated carbocycles. The Morgan fingerprint density at radius 3 is 2.74 bits per heavy atom. The van der Waals surface area contributed by atoms with Gasteiger partial charge in [0.1, 0.15) is 5.75 Å². The second kappa shape index (κ2) is 8.97. The number of ether oxygens (including phenoxy) is 1. The molecule has 1 aliphatic rings. The van der Waals surface area contributed by atoms with Gasteiger partial charge in [0.15, 0.2) is 11.0 Å². The van der Waals surface area contributed by atoms with Gasteiger partial charge in [0.25, 0.3) is 0 Å². The Hall–Kier alpha value is -1.73. The average molecular weight is 391 g/mol. The fourth-order valence-electron chi connectivity index (χ4n) is 3.39. The molecule has 0 amide bonds. The van der Waals surface area contributed by atoms with Gasteiger partial charge in [-0.25, -0.2) is 0 Å². The highest BCUT2D eigenvalue weighted by Crippen LogP contribution is 2.33. The van der Waals surface area contributed by atoms with E-state index in [1.165, 1.54) is 32.1 Å². The van der Waals surface area contributed by atoms with Crippen molar-refractivity contribution in [1.29, 1.82) is 0 Å². The molecular weight excluding hydrogens is 360 g/mol. The summed E-state index contributed by atoms with van der Waals surface area (Å²) in [5, 5.41) is 23.3. The van der Waals surface area contributed by atoms with Crippen LogP contribution in [0.4, 0.5) is 5.69 Å². The van der Waals surface area contributed by atoms with E-state index in [1.807, 2.05) is 38.1 Å². The second-order valence-corrected chi connectivity index (χ2v) is 8.69. The summed E-state index contributed by atoms with van der Waals surface area (Å²) in [5.41, 5.74) is 0.269. The first-order chi connectivity index (χ1) is 13.0. The van der Waals surface area contributed by atoms with Crippen LogP contribution in [0.15, 0.2) is 29.4 Å².